The van der Waals surface area contributed by atoms with Crippen molar-refractivity contribution in [1.29, 1.82) is 0 Å². The van der Waals surface area contributed by atoms with Crippen molar-refractivity contribution in [2.45, 2.75) is 31.0 Å². The second-order valence-corrected chi connectivity index (χ2v) is 7.22. The van der Waals surface area contributed by atoms with Gasteiger partial charge in [0.1, 0.15) is 11.2 Å². The lowest BCUT2D eigenvalue weighted by molar-refractivity contribution is -0.166. The largest absolute Gasteiger partial charge is 0.465 e. The minimum absolute atomic E-state index is 0.0659. The van der Waals surface area contributed by atoms with Crippen molar-refractivity contribution in [3.05, 3.63) is 69.7 Å². The molecule has 3 aliphatic carbocycles. The predicted octanol–water partition coefficient (Wildman–Crippen LogP) is 3.10. The first-order valence-electron chi connectivity index (χ1n) is 8.44. The molecule has 0 spiro atoms. The highest BCUT2D eigenvalue weighted by atomic mass is 35.5. The Hall–Kier alpha value is -1.88. The molecule has 3 atom stereocenters. The van der Waals surface area contributed by atoms with Crippen molar-refractivity contribution in [2.75, 3.05) is 6.61 Å². The summed E-state index contributed by atoms with van der Waals surface area (Å²) in [6.07, 6.45) is 0.764. The minimum Gasteiger partial charge on any atom is -0.465 e. The van der Waals surface area contributed by atoms with Crippen LogP contribution in [0, 0.1) is 5.92 Å². The number of aliphatic hydroxyl groups is 2. The van der Waals surface area contributed by atoms with Crippen LogP contribution in [0.4, 0.5) is 0 Å². The molecule has 0 aliphatic heterocycles. The normalized spacial score (nSPS) is 29.0. The zero-order valence-corrected chi connectivity index (χ0v) is 14.6. The number of halogens is 1. The van der Waals surface area contributed by atoms with Crippen molar-refractivity contribution >= 4 is 17.6 Å². The maximum atomic E-state index is 12.7. The third kappa shape index (κ3) is 2.11. The molecule has 0 aromatic heterocycles. The van der Waals surface area contributed by atoms with Crippen molar-refractivity contribution in [3.63, 3.8) is 0 Å². The summed E-state index contributed by atoms with van der Waals surface area (Å²) in [4.78, 5) is 12.7. The van der Waals surface area contributed by atoms with Crippen LogP contribution in [0.3, 0.4) is 0 Å². The van der Waals surface area contributed by atoms with Gasteiger partial charge in [0.05, 0.1) is 12.5 Å². The van der Waals surface area contributed by atoms with Crippen molar-refractivity contribution in [3.8, 4) is 0 Å². The van der Waals surface area contributed by atoms with Gasteiger partial charge in [0.2, 0.25) is 0 Å². The standard InChI is InChI=1S/C20H19ClO4/c1-2-9-25-18(22)17-11-19(23)13-5-3-4-6-14(13)20(17,24)15-8-7-12(21)10-16(15)19/h3-8,10,17,23-24H,2,9,11H2,1H3. The molecule has 0 saturated carbocycles. The first-order chi connectivity index (χ1) is 11.9. The summed E-state index contributed by atoms with van der Waals surface area (Å²) >= 11 is 6.13. The van der Waals surface area contributed by atoms with E-state index >= 15 is 0 Å². The van der Waals surface area contributed by atoms with Gasteiger partial charge in [0.15, 0.2) is 0 Å². The van der Waals surface area contributed by atoms with E-state index in [1.165, 1.54) is 0 Å². The van der Waals surface area contributed by atoms with Crippen LogP contribution in [-0.4, -0.2) is 22.8 Å². The molecule has 4 nitrogen and oxygen atoms in total. The molecule has 0 saturated heterocycles. The Morgan fingerprint density at radius 3 is 2.56 bits per heavy atom. The van der Waals surface area contributed by atoms with E-state index in [9.17, 15) is 15.0 Å². The molecule has 2 aromatic rings. The highest BCUT2D eigenvalue weighted by Gasteiger charge is 2.62. The van der Waals surface area contributed by atoms with Gasteiger partial charge in [-0.15, -0.1) is 0 Å². The zero-order valence-electron chi connectivity index (χ0n) is 13.8. The molecule has 0 amide bonds. The van der Waals surface area contributed by atoms with Crippen molar-refractivity contribution < 1.29 is 19.7 Å². The van der Waals surface area contributed by atoms with E-state index in [0.717, 1.165) is 0 Å². The van der Waals surface area contributed by atoms with E-state index in [2.05, 4.69) is 0 Å². The van der Waals surface area contributed by atoms with Gasteiger partial charge in [-0.3, -0.25) is 4.79 Å². The summed E-state index contributed by atoms with van der Waals surface area (Å²) in [6, 6.07) is 12.2. The zero-order chi connectivity index (χ0) is 17.8. The van der Waals surface area contributed by atoms with Crippen molar-refractivity contribution in [1.82, 2.24) is 0 Å². The van der Waals surface area contributed by atoms with E-state index in [1.807, 2.05) is 13.0 Å². The molecule has 130 valence electrons. The van der Waals surface area contributed by atoms with Crippen LogP contribution in [0.5, 0.6) is 0 Å². The molecular weight excluding hydrogens is 340 g/mol. The Morgan fingerprint density at radius 1 is 1.16 bits per heavy atom. The molecule has 3 unspecified atom stereocenters. The summed E-state index contributed by atoms with van der Waals surface area (Å²) in [5, 5.41) is 23.7. The Bertz CT molecular complexity index is 865. The summed E-state index contributed by atoms with van der Waals surface area (Å²) in [7, 11) is 0. The first kappa shape index (κ1) is 16.6. The number of esters is 1. The van der Waals surface area contributed by atoms with Gasteiger partial charge in [-0.05, 0) is 40.8 Å². The third-order valence-corrected chi connectivity index (χ3v) is 5.59. The topological polar surface area (TPSA) is 66.8 Å². The van der Waals surface area contributed by atoms with E-state index < -0.39 is 23.1 Å². The van der Waals surface area contributed by atoms with E-state index in [4.69, 9.17) is 16.3 Å². The average Bonchev–Trinajstić information content (AvgIpc) is 2.62. The monoisotopic (exact) mass is 358 g/mol. The first-order valence-corrected chi connectivity index (χ1v) is 8.82. The second-order valence-electron chi connectivity index (χ2n) is 6.79. The predicted molar refractivity (Wildman–Crippen MR) is 93.2 cm³/mol. The average molecular weight is 359 g/mol. The molecule has 0 heterocycles. The van der Waals surface area contributed by atoms with Gasteiger partial charge in [-0.1, -0.05) is 48.9 Å². The maximum absolute atomic E-state index is 12.7. The number of carbonyl (C=O) groups is 1. The van der Waals surface area contributed by atoms with Gasteiger partial charge in [-0.2, -0.15) is 0 Å². The lowest BCUT2D eigenvalue weighted by atomic mass is 9.54. The van der Waals surface area contributed by atoms with Crippen LogP contribution in [0.2, 0.25) is 5.02 Å². The highest BCUT2D eigenvalue weighted by molar-refractivity contribution is 6.30. The number of fused-ring (bicyclic) bond motifs is 1. The maximum Gasteiger partial charge on any atom is 0.312 e. The minimum atomic E-state index is -1.54. The SMILES string of the molecule is CCCOC(=O)C1CC2(O)c3ccccc3C1(O)c1ccc(Cl)cc12. The van der Waals surface area contributed by atoms with Gasteiger partial charge in [0.25, 0.3) is 0 Å². The Morgan fingerprint density at radius 2 is 1.84 bits per heavy atom. The lowest BCUT2D eigenvalue weighted by Gasteiger charge is -2.53. The highest BCUT2D eigenvalue weighted by Crippen LogP contribution is 2.60. The molecule has 2 N–H and O–H groups in total. The van der Waals surface area contributed by atoms with Crippen LogP contribution in [-0.2, 0) is 20.7 Å². The van der Waals surface area contributed by atoms with Crippen molar-refractivity contribution in [2.24, 2.45) is 5.92 Å². The van der Waals surface area contributed by atoms with Gasteiger partial charge in [0, 0.05) is 11.4 Å². The number of hydrogen-bond donors (Lipinski definition) is 2. The number of hydrogen-bond acceptors (Lipinski definition) is 4. The van der Waals surface area contributed by atoms with Crippen LogP contribution >= 0.6 is 11.6 Å². The molecule has 0 fully saturated rings. The van der Waals surface area contributed by atoms with Gasteiger partial charge < -0.3 is 14.9 Å². The van der Waals surface area contributed by atoms with E-state index in [1.54, 1.807) is 36.4 Å². The number of rotatable bonds is 3. The summed E-state index contributed by atoms with van der Waals surface area (Å²) in [5.41, 5.74) is -0.671. The summed E-state index contributed by atoms with van der Waals surface area (Å²) in [6.45, 7) is 2.20. The molecule has 2 aromatic carbocycles. The molecule has 5 rings (SSSR count). The molecule has 25 heavy (non-hydrogen) atoms. The van der Waals surface area contributed by atoms with Crippen LogP contribution in [0.25, 0.3) is 0 Å². The Balaban J connectivity index is 1.96. The molecule has 2 bridgehead atoms. The van der Waals surface area contributed by atoms with Gasteiger partial charge >= 0.3 is 5.97 Å². The Labute approximate surface area is 151 Å². The van der Waals surface area contributed by atoms with Gasteiger partial charge in [-0.25, -0.2) is 0 Å². The molecular formula is C20H19ClO4. The van der Waals surface area contributed by atoms with E-state index in [0.29, 0.717) is 40.3 Å². The molecule has 0 radical (unpaired) electrons. The summed E-state index contributed by atoms with van der Waals surface area (Å²) in [5.74, 6) is -1.36. The summed E-state index contributed by atoms with van der Waals surface area (Å²) < 4.78 is 5.31. The fourth-order valence-electron chi connectivity index (χ4n) is 4.25. The molecule has 5 heteroatoms. The van der Waals surface area contributed by atoms with E-state index in [-0.39, 0.29) is 6.42 Å². The third-order valence-electron chi connectivity index (χ3n) is 5.36. The quantitative estimate of drug-likeness (QED) is 0.827. The molecule has 3 aliphatic rings. The Kier molecular flexibility index (Phi) is 3.69. The van der Waals surface area contributed by atoms with Crippen LogP contribution in [0.15, 0.2) is 42.5 Å². The lowest BCUT2D eigenvalue weighted by Crippen LogP contribution is -2.57. The number of ether oxygens (including phenoxy) is 1. The second kappa shape index (κ2) is 5.56. The smallest absolute Gasteiger partial charge is 0.312 e. The fourth-order valence-corrected chi connectivity index (χ4v) is 4.42. The fraction of sp³-hybridized carbons (Fsp3) is 0.350. The number of carbonyl (C=O) groups excluding carboxylic acids is 1. The van der Waals surface area contributed by atoms with Crippen LogP contribution < -0.4 is 0 Å². The number of benzene rings is 2. The van der Waals surface area contributed by atoms with Crippen LogP contribution in [0.1, 0.15) is 42.0 Å².